The number of rotatable bonds is 3. The minimum Gasteiger partial charge on any atom is -0.307 e. The van der Waals surface area contributed by atoms with Crippen LogP contribution in [-0.4, -0.2) is 26.3 Å². The monoisotopic (exact) mass is 237 g/mol. The fourth-order valence-corrected chi connectivity index (χ4v) is 1.92. The predicted molar refractivity (Wildman–Crippen MR) is 60.2 cm³/mol. The van der Waals surface area contributed by atoms with Gasteiger partial charge in [-0.15, -0.1) is 16.4 Å². The molecule has 0 saturated carbocycles. The Morgan fingerprint density at radius 2 is 2.38 bits per heavy atom. The van der Waals surface area contributed by atoms with Gasteiger partial charge in [-0.1, -0.05) is 0 Å². The molecule has 0 aromatic carbocycles. The molecule has 0 aliphatic carbocycles. The number of carbonyl (C=O) groups excluding carboxylic acids is 1. The van der Waals surface area contributed by atoms with E-state index in [0.717, 1.165) is 5.01 Å². The van der Waals surface area contributed by atoms with Crippen LogP contribution >= 0.6 is 11.3 Å². The van der Waals surface area contributed by atoms with Crippen LogP contribution in [0.2, 0.25) is 0 Å². The van der Waals surface area contributed by atoms with Crippen LogP contribution in [0.15, 0.2) is 17.8 Å². The zero-order valence-corrected chi connectivity index (χ0v) is 9.71. The van der Waals surface area contributed by atoms with E-state index in [1.54, 1.807) is 6.20 Å². The summed E-state index contributed by atoms with van der Waals surface area (Å²) in [6.45, 7) is 3.64. The van der Waals surface area contributed by atoms with E-state index in [4.69, 9.17) is 0 Å². The van der Waals surface area contributed by atoms with Gasteiger partial charge in [0.2, 0.25) is 5.91 Å². The van der Waals surface area contributed by atoms with E-state index < -0.39 is 5.41 Å². The van der Waals surface area contributed by atoms with E-state index in [2.05, 4.69) is 25.7 Å². The van der Waals surface area contributed by atoms with Gasteiger partial charge in [-0.05, 0) is 13.8 Å². The lowest BCUT2D eigenvalue weighted by molar-refractivity contribution is -0.120. The highest BCUT2D eigenvalue weighted by Gasteiger charge is 2.32. The van der Waals surface area contributed by atoms with E-state index in [-0.39, 0.29) is 5.91 Å². The molecule has 0 spiro atoms. The lowest BCUT2D eigenvalue weighted by Crippen LogP contribution is -2.34. The van der Waals surface area contributed by atoms with Gasteiger partial charge in [-0.2, -0.15) is 10.3 Å². The molecule has 0 radical (unpaired) electrons. The van der Waals surface area contributed by atoms with Crippen LogP contribution in [0, 0.1) is 0 Å². The highest BCUT2D eigenvalue weighted by Crippen LogP contribution is 2.26. The first-order valence-electron chi connectivity index (χ1n) is 4.68. The fraction of sp³-hybridized carbons (Fsp3) is 0.333. The van der Waals surface area contributed by atoms with E-state index >= 15 is 0 Å². The number of hydrogen-bond donors (Lipinski definition) is 2. The molecule has 2 heterocycles. The Morgan fingerprint density at radius 1 is 1.56 bits per heavy atom. The van der Waals surface area contributed by atoms with Crippen LogP contribution in [0.5, 0.6) is 0 Å². The second-order valence-corrected chi connectivity index (χ2v) is 4.67. The van der Waals surface area contributed by atoms with E-state index in [0.29, 0.717) is 5.82 Å². The first-order chi connectivity index (χ1) is 7.60. The first-order valence-corrected chi connectivity index (χ1v) is 5.56. The molecule has 84 valence electrons. The number of thiazole rings is 1. The largest absolute Gasteiger partial charge is 0.307 e. The first kappa shape index (κ1) is 10.7. The van der Waals surface area contributed by atoms with Crippen LogP contribution in [0.4, 0.5) is 5.82 Å². The van der Waals surface area contributed by atoms with Crippen LogP contribution < -0.4 is 5.32 Å². The van der Waals surface area contributed by atoms with Gasteiger partial charge < -0.3 is 5.32 Å². The van der Waals surface area contributed by atoms with Crippen molar-refractivity contribution < 1.29 is 4.79 Å². The Kier molecular flexibility index (Phi) is 2.69. The summed E-state index contributed by atoms with van der Waals surface area (Å²) < 4.78 is 0. The third-order valence-corrected chi connectivity index (χ3v) is 3.29. The van der Waals surface area contributed by atoms with Crippen molar-refractivity contribution in [2.75, 3.05) is 5.32 Å². The summed E-state index contributed by atoms with van der Waals surface area (Å²) in [5, 5.41) is 15.1. The number of H-pyrrole nitrogens is 1. The van der Waals surface area contributed by atoms with E-state index in [9.17, 15) is 4.79 Å². The summed E-state index contributed by atoms with van der Waals surface area (Å²) in [5.74, 6) is 0.256. The molecule has 2 rings (SSSR count). The maximum Gasteiger partial charge on any atom is 0.238 e. The van der Waals surface area contributed by atoms with Crippen molar-refractivity contribution in [1.29, 1.82) is 0 Å². The van der Waals surface area contributed by atoms with Gasteiger partial charge in [-0.3, -0.25) is 4.79 Å². The summed E-state index contributed by atoms with van der Waals surface area (Å²) in [6.07, 6.45) is 3.14. The Morgan fingerprint density at radius 3 is 2.94 bits per heavy atom. The van der Waals surface area contributed by atoms with Crippen molar-refractivity contribution in [2.45, 2.75) is 19.3 Å². The molecule has 2 aromatic heterocycles. The van der Waals surface area contributed by atoms with Crippen LogP contribution in [0.1, 0.15) is 18.9 Å². The molecule has 2 aromatic rings. The number of nitrogens with zero attached hydrogens (tertiary/aromatic N) is 3. The second-order valence-electron chi connectivity index (χ2n) is 3.77. The van der Waals surface area contributed by atoms with Crippen LogP contribution in [0.25, 0.3) is 0 Å². The van der Waals surface area contributed by atoms with Crippen LogP contribution in [-0.2, 0) is 10.2 Å². The average Bonchev–Trinajstić information content (AvgIpc) is 2.89. The summed E-state index contributed by atoms with van der Waals surface area (Å²) in [4.78, 5) is 16.2. The normalized spacial score (nSPS) is 11.4. The SMILES string of the molecule is CC(C)(C(=O)Nc1cn[nH]n1)c1nccs1. The maximum absolute atomic E-state index is 12.0. The molecule has 16 heavy (non-hydrogen) atoms. The Hall–Kier alpha value is -1.76. The standard InChI is InChI=1S/C9H11N5OS/c1-9(2,8-10-3-4-16-8)7(15)12-6-5-11-14-13-6/h3-5H,1-2H3,(H2,11,12,13,14,15). The second kappa shape index (κ2) is 4.01. The fourth-order valence-electron chi connectivity index (χ4n) is 1.16. The van der Waals surface area contributed by atoms with Crippen molar-refractivity contribution in [1.82, 2.24) is 20.4 Å². The smallest absolute Gasteiger partial charge is 0.238 e. The molecule has 0 saturated heterocycles. The quantitative estimate of drug-likeness (QED) is 0.839. The summed E-state index contributed by atoms with van der Waals surface area (Å²) in [7, 11) is 0. The van der Waals surface area contributed by atoms with Gasteiger partial charge >= 0.3 is 0 Å². The van der Waals surface area contributed by atoms with Crippen molar-refractivity contribution in [3.63, 3.8) is 0 Å². The number of aromatic amines is 1. The molecule has 6 nitrogen and oxygen atoms in total. The Balaban J connectivity index is 2.15. The third-order valence-electron chi connectivity index (χ3n) is 2.19. The van der Waals surface area contributed by atoms with Crippen LogP contribution in [0.3, 0.4) is 0 Å². The van der Waals surface area contributed by atoms with E-state index in [1.807, 2.05) is 19.2 Å². The molecular formula is C9H11N5OS. The zero-order chi connectivity index (χ0) is 11.6. The number of amides is 1. The Labute approximate surface area is 96.1 Å². The van der Waals surface area contributed by atoms with Gasteiger partial charge in [-0.25, -0.2) is 4.98 Å². The molecule has 2 N–H and O–H groups in total. The summed E-state index contributed by atoms with van der Waals surface area (Å²) in [6, 6.07) is 0. The lowest BCUT2D eigenvalue weighted by Gasteiger charge is -2.19. The number of hydrogen-bond acceptors (Lipinski definition) is 5. The minimum absolute atomic E-state index is 0.156. The summed E-state index contributed by atoms with van der Waals surface area (Å²) >= 11 is 1.46. The topological polar surface area (TPSA) is 83.6 Å². The van der Waals surface area contributed by atoms with Gasteiger partial charge in [0.15, 0.2) is 5.82 Å². The molecule has 0 aliphatic heterocycles. The number of nitrogens with one attached hydrogen (secondary N) is 2. The highest BCUT2D eigenvalue weighted by atomic mass is 32.1. The van der Waals surface area contributed by atoms with Gasteiger partial charge in [0, 0.05) is 11.6 Å². The van der Waals surface area contributed by atoms with Crippen molar-refractivity contribution >= 4 is 23.1 Å². The molecule has 0 fully saturated rings. The van der Waals surface area contributed by atoms with E-state index in [1.165, 1.54) is 17.5 Å². The molecule has 0 aliphatic rings. The number of carbonyl (C=O) groups is 1. The third kappa shape index (κ3) is 1.94. The highest BCUT2D eigenvalue weighted by molar-refractivity contribution is 7.09. The number of aromatic nitrogens is 4. The minimum atomic E-state index is -0.673. The lowest BCUT2D eigenvalue weighted by atomic mass is 9.93. The maximum atomic E-state index is 12.0. The van der Waals surface area contributed by atoms with Crippen molar-refractivity contribution in [2.24, 2.45) is 0 Å². The van der Waals surface area contributed by atoms with Gasteiger partial charge in [0.1, 0.15) is 5.01 Å². The molecular weight excluding hydrogens is 226 g/mol. The summed E-state index contributed by atoms with van der Waals surface area (Å²) in [5.41, 5.74) is -0.673. The molecule has 0 unspecified atom stereocenters. The van der Waals surface area contributed by atoms with Crippen molar-refractivity contribution in [3.05, 3.63) is 22.8 Å². The molecule has 1 amide bonds. The zero-order valence-electron chi connectivity index (χ0n) is 8.89. The molecule has 0 bridgehead atoms. The number of anilines is 1. The average molecular weight is 237 g/mol. The Bertz CT molecular complexity index is 462. The van der Waals surface area contributed by atoms with Gasteiger partial charge in [0.25, 0.3) is 0 Å². The van der Waals surface area contributed by atoms with Gasteiger partial charge in [0.05, 0.1) is 11.6 Å². The molecule has 0 atom stereocenters. The predicted octanol–water partition coefficient (Wildman–Crippen LogP) is 1.18. The molecule has 7 heteroatoms. The van der Waals surface area contributed by atoms with Crippen molar-refractivity contribution in [3.8, 4) is 0 Å².